The highest BCUT2D eigenvalue weighted by atomic mass is 32.2. The van der Waals surface area contributed by atoms with E-state index in [2.05, 4.69) is 37.9 Å². The van der Waals surface area contributed by atoms with Crippen molar-refractivity contribution < 1.29 is 9.53 Å². The Hall–Kier alpha value is -3.24. The average molecular weight is 544 g/mol. The van der Waals surface area contributed by atoms with Gasteiger partial charge in [-0.05, 0) is 68.4 Å². The van der Waals surface area contributed by atoms with Gasteiger partial charge in [-0.3, -0.25) is 4.79 Å². The number of nitrogens with zero attached hydrogens (tertiary/aromatic N) is 6. The number of aromatic nitrogens is 4. The molecule has 9 nitrogen and oxygen atoms in total. The lowest BCUT2D eigenvalue weighted by molar-refractivity contribution is 0.0726. The van der Waals surface area contributed by atoms with E-state index in [0.717, 1.165) is 77.5 Å². The molecular weight excluding hydrogens is 510 g/mol. The van der Waals surface area contributed by atoms with Gasteiger partial charge in [0, 0.05) is 48.9 Å². The van der Waals surface area contributed by atoms with E-state index in [4.69, 9.17) is 20.4 Å². The molecule has 6 heterocycles. The van der Waals surface area contributed by atoms with Gasteiger partial charge in [0.05, 0.1) is 17.8 Å². The van der Waals surface area contributed by atoms with Crippen molar-refractivity contribution in [1.82, 2.24) is 24.0 Å². The van der Waals surface area contributed by atoms with Crippen LogP contribution in [0.5, 0.6) is 5.75 Å². The average Bonchev–Trinajstić information content (AvgIpc) is 3.25. The van der Waals surface area contributed by atoms with Crippen molar-refractivity contribution in [1.29, 1.82) is 0 Å². The van der Waals surface area contributed by atoms with Crippen LogP contribution in [0.3, 0.4) is 0 Å². The van der Waals surface area contributed by atoms with Crippen LogP contribution in [0.4, 0.5) is 5.82 Å². The summed E-state index contributed by atoms with van der Waals surface area (Å²) in [4.78, 5) is 26.0. The van der Waals surface area contributed by atoms with Crippen molar-refractivity contribution in [3.8, 4) is 17.3 Å². The molecule has 1 aromatic carbocycles. The number of carbonyl (C=O) groups excluding carboxylic acids is 1. The van der Waals surface area contributed by atoms with Crippen LogP contribution in [0.1, 0.15) is 42.5 Å². The minimum atomic E-state index is 0.0522. The van der Waals surface area contributed by atoms with Crippen LogP contribution in [-0.4, -0.2) is 67.9 Å². The SMILES string of the molecule is CSN(C)c1ccc2cc(-c3nc4cc(C(=O)N5[C@H]6CC[C@@H]5[C@H](N)C6)cc5c4n3CCO5)n(CC3CC3)c2n1. The highest BCUT2D eigenvalue weighted by Gasteiger charge is 2.47. The van der Waals surface area contributed by atoms with Gasteiger partial charge in [-0.1, -0.05) is 11.9 Å². The molecule has 3 fully saturated rings. The number of pyridine rings is 1. The molecule has 39 heavy (non-hydrogen) atoms. The van der Waals surface area contributed by atoms with Crippen LogP contribution in [0.25, 0.3) is 33.6 Å². The van der Waals surface area contributed by atoms with Crippen LogP contribution >= 0.6 is 11.9 Å². The molecule has 3 atom stereocenters. The van der Waals surface area contributed by atoms with E-state index in [1.54, 1.807) is 11.9 Å². The van der Waals surface area contributed by atoms with Gasteiger partial charge in [-0.15, -0.1) is 0 Å². The number of rotatable bonds is 6. The third-order valence-electron chi connectivity index (χ3n) is 9.14. The topological polar surface area (TPSA) is 94.4 Å². The van der Waals surface area contributed by atoms with Crippen molar-refractivity contribution in [3.05, 3.63) is 35.9 Å². The van der Waals surface area contributed by atoms with E-state index in [-0.39, 0.29) is 24.0 Å². The molecule has 1 amide bonds. The summed E-state index contributed by atoms with van der Waals surface area (Å²) in [6.07, 6.45) is 7.51. The Morgan fingerprint density at radius 3 is 2.79 bits per heavy atom. The summed E-state index contributed by atoms with van der Waals surface area (Å²) in [5.41, 5.74) is 10.8. The van der Waals surface area contributed by atoms with Crippen molar-refractivity contribution >= 4 is 45.7 Å². The molecule has 1 saturated carbocycles. The highest BCUT2D eigenvalue weighted by molar-refractivity contribution is 7.99. The summed E-state index contributed by atoms with van der Waals surface area (Å²) in [7, 11) is 2.04. The highest BCUT2D eigenvalue weighted by Crippen LogP contribution is 2.41. The maximum atomic E-state index is 13.7. The second-order valence-electron chi connectivity index (χ2n) is 11.5. The predicted octanol–water partition coefficient (Wildman–Crippen LogP) is 4.27. The monoisotopic (exact) mass is 543 g/mol. The third kappa shape index (κ3) is 3.60. The first-order valence-electron chi connectivity index (χ1n) is 14.0. The number of benzene rings is 1. The maximum Gasteiger partial charge on any atom is 0.254 e. The largest absolute Gasteiger partial charge is 0.489 e. The fourth-order valence-corrected chi connectivity index (χ4v) is 7.23. The van der Waals surface area contributed by atoms with E-state index < -0.39 is 0 Å². The van der Waals surface area contributed by atoms with Gasteiger partial charge >= 0.3 is 0 Å². The zero-order chi connectivity index (χ0) is 26.4. The molecule has 2 bridgehead atoms. The Bertz CT molecular complexity index is 1640. The van der Waals surface area contributed by atoms with Crippen LogP contribution in [0.15, 0.2) is 30.3 Å². The second kappa shape index (κ2) is 8.63. The fourth-order valence-electron chi connectivity index (χ4n) is 6.94. The Labute approximate surface area is 231 Å². The fraction of sp³-hybridized carbons (Fsp3) is 0.483. The van der Waals surface area contributed by atoms with Crippen LogP contribution in [0, 0.1) is 5.92 Å². The van der Waals surface area contributed by atoms with Gasteiger partial charge in [0.15, 0.2) is 5.82 Å². The molecular formula is C29H33N7O2S. The van der Waals surface area contributed by atoms with Gasteiger partial charge in [0.25, 0.3) is 5.91 Å². The Balaban J connectivity index is 1.26. The first kappa shape index (κ1) is 23.6. The number of fused-ring (bicyclic) bond motifs is 3. The van der Waals surface area contributed by atoms with E-state index in [0.29, 0.717) is 18.1 Å². The zero-order valence-electron chi connectivity index (χ0n) is 22.3. The minimum Gasteiger partial charge on any atom is -0.489 e. The van der Waals surface area contributed by atoms with Gasteiger partial charge < -0.3 is 28.8 Å². The van der Waals surface area contributed by atoms with E-state index >= 15 is 0 Å². The Morgan fingerprint density at radius 1 is 1.18 bits per heavy atom. The third-order valence-corrected chi connectivity index (χ3v) is 9.87. The molecule has 1 aliphatic carbocycles. The maximum absolute atomic E-state index is 13.7. The van der Waals surface area contributed by atoms with Crippen molar-refractivity contribution in [2.45, 2.75) is 63.3 Å². The number of hydrogen-bond donors (Lipinski definition) is 1. The number of anilines is 1. The van der Waals surface area contributed by atoms with Gasteiger partial charge in [0.1, 0.15) is 29.3 Å². The summed E-state index contributed by atoms with van der Waals surface area (Å²) >= 11 is 1.65. The van der Waals surface area contributed by atoms with Gasteiger partial charge in [0.2, 0.25) is 0 Å². The number of ether oxygens (including phenoxy) is 1. The van der Waals surface area contributed by atoms with E-state index in [1.807, 2.05) is 24.1 Å². The molecule has 202 valence electrons. The summed E-state index contributed by atoms with van der Waals surface area (Å²) in [6, 6.07) is 10.8. The Morgan fingerprint density at radius 2 is 2.05 bits per heavy atom. The normalized spacial score (nSPS) is 23.7. The summed E-state index contributed by atoms with van der Waals surface area (Å²) < 4.78 is 12.8. The van der Waals surface area contributed by atoms with E-state index in [1.165, 1.54) is 12.8 Å². The first-order valence-corrected chi connectivity index (χ1v) is 15.2. The van der Waals surface area contributed by atoms with E-state index in [9.17, 15) is 4.79 Å². The molecule has 8 rings (SSSR count). The lowest BCUT2D eigenvalue weighted by atomic mass is 9.97. The molecule has 3 aliphatic heterocycles. The second-order valence-corrected chi connectivity index (χ2v) is 12.4. The molecule has 3 aromatic heterocycles. The number of imidazole rings is 1. The zero-order valence-corrected chi connectivity index (χ0v) is 23.2. The lowest BCUT2D eigenvalue weighted by Gasteiger charge is -2.24. The number of carbonyl (C=O) groups is 1. The summed E-state index contributed by atoms with van der Waals surface area (Å²) in [6.45, 7) is 2.20. The Kier molecular flexibility index (Phi) is 5.23. The van der Waals surface area contributed by atoms with Gasteiger partial charge in [-0.25, -0.2) is 9.97 Å². The van der Waals surface area contributed by atoms with Crippen LogP contribution in [-0.2, 0) is 13.1 Å². The molecule has 2 saturated heterocycles. The van der Waals surface area contributed by atoms with Crippen LogP contribution in [0.2, 0.25) is 0 Å². The molecule has 2 N–H and O–H groups in total. The number of hydrogen-bond acceptors (Lipinski definition) is 7. The smallest absolute Gasteiger partial charge is 0.254 e. The number of nitrogens with two attached hydrogens (primary N) is 1. The first-order chi connectivity index (χ1) is 19.0. The predicted molar refractivity (Wildman–Crippen MR) is 154 cm³/mol. The van der Waals surface area contributed by atoms with Gasteiger partial charge in [-0.2, -0.15) is 0 Å². The minimum absolute atomic E-state index is 0.0522. The quantitative estimate of drug-likeness (QED) is 0.363. The molecule has 0 radical (unpaired) electrons. The molecule has 0 unspecified atom stereocenters. The standard InChI is InChI=1S/C29H33N7O2S/c1-33(39-2)25-8-5-17-12-23(35(27(17)32-25)15-16-3-4-16)28-31-21-11-18(13-24-26(21)34(28)9-10-38-24)29(37)36-19-6-7-22(36)20(30)14-19/h5,8,11-13,16,19-20,22H,3-4,6-7,9-10,14-15,30H2,1-2H3/t19-,20+,22+/m0/s1. The van der Waals surface area contributed by atoms with Crippen molar-refractivity contribution in [3.63, 3.8) is 0 Å². The van der Waals surface area contributed by atoms with Crippen LogP contribution < -0.4 is 14.8 Å². The molecule has 4 aliphatic rings. The lowest BCUT2D eigenvalue weighted by Crippen LogP contribution is -2.40. The van der Waals surface area contributed by atoms with Crippen molar-refractivity contribution in [2.75, 3.05) is 24.2 Å². The summed E-state index contributed by atoms with van der Waals surface area (Å²) in [5, 5.41) is 1.12. The number of amides is 1. The van der Waals surface area contributed by atoms with Crippen molar-refractivity contribution in [2.24, 2.45) is 11.7 Å². The molecule has 4 aromatic rings. The summed E-state index contributed by atoms with van der Waals surface area (Å²) in [5.74, 6) is 3.33. The molecule has 0 spiro atoms. The molecule has 10 heteroatoms.